The van der Waals surface area contributed by atoms with Crippen LogP contribution in [0.1, 0.15) is 31.3 Å². The Hall–Kier alpha value is -2.09. The maximum Gasteiger partial charge on any atom is 0.356 e. The summed E-state index contributed by atoms with van der Waals surface area (Å²) in [6, 6.07) is -0.290. The van der Waals surface area contributed by atoms with Gasteiger partial charge in [-0.05, 0) is 20.8 Å². The quantitative estimate of drug-likeness (QED) is 0.655. The summed E-state index contributed by atoms with van der Waals surface area (Å²) in [6.07, 6.45) is 2.83. The summed E-state index contributed by atoms with van der Waals surface area (Å²) < 4.78 is 7.07. The molecule has 21 heavy (non-hydrogen) atoms. The smallest absolute Gasteiger partial charge is 0.356 e. The Kier molecular flexibility index (Phi) is 6.16. The summed E-state index contributed by atoms with van der Waals surface area (Å²) in [4.78, 5) is 26.0. The van der Waals surface area contributed by atoms with Crippen LogP contribution < -0.4 is 10.6 Å². The van der Waals surface area contributed by atoms with Crippen LogP contribution in [0.5, 0.6) is 0 Å². The van der Waals surface area contributed by atoms with Gasteiger partial charge < -0.3 is 25.0 Å². The first-order valence-electron chi connectivity index (χ1n) is 6.75. The highest BCUT2D eigenvalue weighted by Crippen LogP contribution is 2.06. The minimum absolute atomic E-state index is 0.0158. The maximum atomic E-state index is 11.6. The Morgan fingerprint density at radius 2 is 2.14 bits per heavy atom. The molecule has 0 saturated heterocycles. The minimum Gasteiger partial charge on any atom is -0.476 e. The molecule has 8 nitrogen and oxygen atoms in total. The number of nitrogens with one attached hydrogen (secondary N) is 2. The van der Waals surface area contributed by atoms with Crippen molar-refractivity contribution in [1.82, 2.24) is 20.2 Å². The molecule has 0 spiro atoms. The molecule has 1 aromatic heterocycles. The van der Waals surface area contributed by atoms with E-state index in [9.17, 15) is 9.59 Å². The van der Waals surface area contributed by atoms with Crippen molar-refractivity contribution in [2.75, 3.05) is 19.7 Å². The number of carboxylic acid groups (broad SMARTS) is 1. The van der Waals surface area contributed by atoms with Crippen LogP contribution in [0.2, 0.25) is 0 Å². The standard InChI is InChI=1S/C13H22N4O4/c1-4-21-13(2,3)8-15-12(20)14-5-6-17-7-10(11(18)19)16-9-17/h7,9H,4-6,8H2,1-3H3,(H,18,19)(H2,14,15,20). The van der Waals surface area contributed by atoms with E-state index in [-0.39, 0.29) is 11.7 Å². The summed E-state index contributed by atoms with van der Waals surface area (Å²) in [5, 5.41) is 14.1. The molecule has 0 aliphatic carbocycles. The zero-order valence-electron chi connectivity index (χ0n) is 12.5. The average molecular weight is 298 g/mol. The molecule has 0 atom stereocenters. The fourth-order valence-corrected chi connectivity index (χ4v) is 1.69. The number of amides is 2. The molecule has 8 heteroatoms. The molecule has 0 bridgehead atoms. The summed E-state index contributed by atoms with van der Waals surface area (Å²) in [5.41, 5.74) is -0.426. The summed E-state index contributed by atoms with van der Waals surface area (Å²) in [6.45, 7) is 7.51. The lowest BCUT2D eigenvalue weighted by Gasteiger charge is -2.24. The van der Waals surface area contributed by atoms with E-state index in [0.29, 0.717) is 26.2 Å². The molecule has 0 saturated carbocycles. The summed E-state index contributed by atoms with van der Waals surface area (Å²) >= 11 is 0. The van der Waals surface area contributed by atoms with Crippen LogP contribution in [0.4, 0.5) is 4.79 Å². The number of hydrogen-bond acceptors (Lipinski definition) is 4. The molecule has 1 aromatic rings. The van der Waals surface area contributed by atoms with E-state index in [2.05, 4.69) is 15.6 Å². The highest BCUT2D eigenvalue weighted by atomic mass is 16.5. The lowest BCUT2D eigenvalue weighted by atomic mass is 10.1. The third-order valence-electron chi connectivity index (χ3n) is 2.72. The lowest BCUT2D eigenvalue weighted by Crippen LogP contribution is -2.45. The van der Waals surface area contributed by atoms with Crippen molar-refractivity contribution in [2.45, 2.75) is 32.9 Å². The molecule has 3 N–H and O–H groups in total. The Labute approximate surface area is 123 Å². The van der Waals surface area contributed by atoms with Crippen LogP contribution in [-0.2, 0) is 11.3 Å². The molecule has 118 valence electrons. The van der Waals surface area contributed by atoms with E-state index in [0.717, 1.165) is 0 Å². The Bertz CT molecular complexity index is 484. The number of carbonyl (C=O) groups is 2. The van der Waals surface area contributed by atoms with Gasteiger partial charge in [-0.15, -0.1) is 0 Å². The Morgan fingerprint density at radius 3 is 2.71 bits per heavy atom. The van der Waals surface area contributed by atoms with E-state index < -0.39 is 11.6 Å². The molecule has 0 aromatic carbocycles. The number of carboxylic acids is 1. The highest BCUT2D eigenvalue weighted by molar-refractivity contribution is 5.84. The van der Waals surface area contributed by atoms with Crippen molar-refractivity contribution in [3.63, 3.8) is 0 Å². The van der Waals surface area contributed by atoms with E-state index in [1.807, 2.05) is 20.8 Å². The fourth-order valence-electron chi connectivity index (χ4n) is 1.69. The topological polar surface area (TPSA) is 105 Å². The number of rotatable bonds is 8. The molecule has 0 fully saturated rings. The van der Waals surface area contributed by atoms with Gasteiger partial charge in [-0.3, -0.25) is 0 Å². The molecule has 1 heterocycles. The van der Waals surface area contributed by atoms with Gasteiger partial charge in [0.1, 0.15) is 0 Å². The van der Waals surface area contributed by atoms with Gasteiger partial charge in [0.15, 0.2) is 5.69 Å². The van der Waals surface area contributed by atoms with Crippen molar-refractivity contribution < 1.29 is 19.4 Å². The monoisotopic (exact) mass is 298 g/mol. The number of urea groups is 1. The minimum atomic E-state index is -1.07. The van der Waals surface area contributed by atoms with Crippen LogP contribution in [0.15, 0.2) is 12.5 Å². The van der Waals surface area contributed by atoms with Gasteiger partial charge in [-0.25, -0.2) is 14.6 Å². The summed E-state index contributed by atoms with van der Waals surface area (Å²) in [7, 11) is 0. The molecule has 0 aliphatic heterocycles. The van der Waals surface area contributed by atoms with Gasteiger partial charge in [-0.2, -0.15) is 0 Å². The van der Waals surface area contributed by atoms with Crippen LogP contribution >= 0.6 is 0 Å². The van der Waals surface area contributed by atoms with Crippen molar-refractivity contribution in [1.29, 1.82) is 0 Å². The number of aromatic carboxylic acids is 1. The number of nitrogens with zero attached hydrogens (tertiary/aromatic N) is 2. The first-order valence-corrected chi connectivity index (χ1v) is 6.75. The van der Waals surface area contributed by atoms with Gasteiger partial charge in [0.05, 0.1) is 11.9 Å². The molecule has 0 aliphatic rings. The van der Waals surface area contributed by atoms with E-state index in [1.54, 1.807) is 4.57 Å². The summed E-state index contributed by atoms with van der Waals surface area (Å²) in [5.74, 6) is -1.07. The zero-order valence-corrected chi connectivity index (χ0v) is 12.5. The van der Waals surface area contributed by atoms with Gasteiger partial charge in [0.25, 0.3) is 0 Å². The van der Waals surface area contributed by atoms with Crippen LogP contribution in [-0.4, -0.2) is 52.0 Å². The second-order valence-corrected chi connectivity index (χ2v) is 5.10. The highest BCUT2D eigenvalue weighted by Gasteiger charge is 2.18. The van der Waals surface area contributed by atoms with Crippen LogP contribution in [0.25, 0.3) is 0 Å². The van der Waals surface area contributed by atoms with E-state index >= 15 is 0 Å². The number of hydrogen-bond donors (Lipinski definition) is 3. The van der Waals surface area contributed by atoms with Gasteiger partial charge in [0, 0.05) is 32.4 Å². The van der Waals surface area contributed by atoms with E-state index in [1.165, 1.54) is 12.5 Å². The number of imidazole rings is 1. The van der Waals surface area contributed by atoms with Gasteiger partial charge in [0.2, 0.25) is 0 Å². The van der Waals surface area contributed by atoms with Gasteiger partial charge in [-0.1, -0.05) is 0 Å². The third kappa shape index (κ3) is 6.26. The van der Waals surface area contributed by atoms with Crippen LogP contribution in [0.3, 0.4) is 0 Å². The fraction of sp³-hybridized carbons (Fsp3) is 0.615. The van der Waals surface area contributed by atoms with Crippen molar-refractivity contribution in [2.24, 2.45) is 0 Å². The second kappa shape index (κ2) is 7.63. The van der Waals surface area contributed by atoms with Crippen LogP contribution in [0, 0.1) is 0 Å². The first-order chi connectivity index (χ1) is 9.84. The molecular weight excluding hydrogens is 276 g/mol. The predicted octanol–water partition coefficient (Wildman–Crippen LogP) is 0.696. The molecular formula is C13H22N4O4. The average Bonchev–Trinajstić information content (AvgIpc) is 2.85. The van der Waals surface area contributed by atoms with E-state index in [4.69, 9.17) is 9.84 Å². The zero-order chi connectivity index (χ0) is 15.9. The number of ether oxygens (including phenoxy) is 1. The van der Waals surface area contributed by atoms with Crippen molar-refractivity contribution in [3.8, 4) is 0 Å². The predicted molar refractivity (Wildman–Crippen MR) is 76.3 cm³/mol. The Balaban J connectivity index is 2.25. The molecule has 0 radical (unpaired) electrons. The third-order valence-corrected chi connectivity index (χ3v) is 2.72. The normalized spacial score (nSPS) is 11.2. The van der Waals surface area contributed by atoms with Gasteiger partial charge >= 0.3 is 12.0 Å². The molecule has 0 unspecified atom stereocenters. The Morgan fingerprint density at radius 1 is 1.43 bits per heavy atom. The largest absolute Gasteiger partial charge is 0.476 e. The SMILES string of the molecule is CCOC(C)(C)CNC(=O)NCCn1cnc(C(=O)O)c1. The number of carbonyl (C=O) groups excluding carboxylic acids is 1. The number of aromatic nitrogens is 2. The molecule has 1 rings (SSSR count). The lowest BCUT2D eigenvalue weighted by molar-refractivity contribution is -0.00689. The van der Waals surface area contributed by atoms with Crippen molar-refractivity contribution in [3.05, 3.63) is 18.2 Å². The maximum absolute atomic E-state index is 11.6. The van der Waals surface area contributed by atoms with Crippen molar-refractivity contribution >= 4 is 12.0 Å². The second-order valence-electron chi connectivity index (χ2n) is 5.10. The molecule has 2 amide bonds. The first kappa shape index (κ1) is 17.0.